The van der Waals surface area contributed by atoms with Gasteiger partial charge in [0.25, 0.3) is 0 Å². The molecule has 0 bridgehead atoms. The van der Waals surface area contributed by atoms with Gasteiger partial charge in [0.05, 0.1) is 20.6 Å². The number of carboxylic acids is 1. The predicted molar refractivity (Wildman–Crippen MR) is 73.9 cm³/mol. The number of nitrogens with zero attached hydrogens (tertiary/aromatic N) is 1. The van der Waals surface area contributed by atoms with Crippen molar-refractivity contribution < 1.29 is 14.3 Å². The number of thiazole rings is 1. The van der Waals surface area contributed by atoms with Gasteiger partial charge in [0.2, 0.25) is 0 Å². The third-order valence-corrected chi connectivity index (χ3v) is 4.71. The van der Waals surface area contributed by atoms with Crippen LogP contribution in [0, 0.1) is 11.2 Å². The maximum atomic E-state index is 13.1. The first kappa shape index (κ1) is 13.9. The molecule has 1 heterocycles. The van der Waals surface area contributed by atoms with Gasteiger partial charge < -0.3 is 5.11 Å². The highest BCUT2D eigenvalue weighted by Crippen LogP contribution is 2.34. The average Bonchev–Trinajstić information content (AvgIpc) is 2.77. The van der Waals surface area contributed by atoms with E-state index in [9.17, 15) is 14.3 Å². The molecule has 0 saturated heterocycles. The number of rotatable bonds is 5. The lowest BCUT2D eigenvalue weighted by Gasteiger charge is -2.25. The quantitative estimate of drug-likeness (QED) is 0.905. The van der Waals surface area contributed by atoms with Crippen molar-refractivity contribution in [2.24, 2.45) is 5.41 Å². The van der Waals surface area contributed by atoms with Crippen LogP contribution in [0.3, 0.4) is 0 Å². The van der Waals surface area contributed by atoms with E-state index in [0.717, 1.165) is 15.2 Å². The summed E-state index contributed by atoms with van der Waals surface area (Å²) in [6, 6.07) is 4.44. The second-order valence-corrected chi connectivity index (χ2v) is 5.80. The number of hydrogen-bond acceptors (Lipinski definition) is 3. The van der Waals surface area contributed by atoms with E-state index < -0.39 is 11.4 Å². The first-order valence-electron chi connectivity index (χ1n) is 6.29. The summed E-state index contributed by atoms with van der Waals surface area (Å²) in [5.41, 5.74) is -0.0419. The molecule has 0 radical (unpaired) electrons. The van der Waals surface area contributed by atoms with Gasteiger partial charge >= 0.3 is 5.97 Å². The predicted octanol–water partition coefficient (Wildman–Crippen LogP) is 3.87. The van der Waals surface area contributed by atoms with Crippen molar-refractivity contribution >= 4 is 27.5 Å². The van der Waals surface area contributed by atoms with Gasteiger partial charge in [0.15, 0.2) is 0 Å². The lowest BCUT2D eigenvalue weighted by molar-refractivity contribution is -0.149. The van der Waals surface area contributed by atoms with E-state index in [-0.39, 0.29) is 5.82 Å². The summed E-state index contributed by atoms with van der Waals surface area (Å²) < 4.78 is 13.9. The van der Waals surface area contributed by atoms with Crippen LogP contribution in [0.5, 0.6) is 0 Å². The topological polar surface area (TPSA) is 50.2 Å². The van der Waals surface area contributed by atoms with E-state index in [0.29, 0.717) is 19.3 Å². The Kier molecular flexibility index (Phi) is 3.85. The maximum Gasteiger partial charge on any atom is 0.310 e. The van der Waals surface area contributed by atoms with Gasteiger partial charge in [-0.3, -0.25) is 4.79 Å². The molecule has 0 saturated carbocycles. The lowest BCUT2D eigenvalue weighted by Crippen LogP contribution is -2.32. The van der Waals surface area contributed by atoms with Crippen molar-refractivity contribution in [1.29, 1.82) is 0 Å². The molecule has 0 aliphatic heterocycles. The minimum atomic E-state index is -0.789. The highest BCUT2D eigenvalue weighted by Gasteiger charge is 2.36. The summed E-state index contributed by atoms with van der Waals surface area (Å²) in [7, 11) is 0. The van der Waals surface area contributed by atoms with Crippen LogP contribution < -0.4 is 0 Å². The molecule has 1 N–H and O–H groups in total. The molecular formula is C14H16FNO2S. The van der Waals surface area contributed by atoms with E-state index in [1.165, 1.54) is 23.5 Å². The van der Waals surface area contributed by atoms with Crippen LogP contribution in [0.2, 0.25) is 0 Å². The smallest absolute Gasteiger partial charge is 0.310 e. The molecule has 0 aliphatic rings. The van der Waals surface area contributed by atoms with Crippen LogP contribution in [0.1, 0.15) is 31.7 Å². The van der Waals surface area contributed by atoms with Crippen molar-refractivity contribution in [3.63, 3.8) is 0 Å². The molecule has 5 heteroatoms. The fourth-order valence-corrected chi connectivity index (χ4v) is 3.33. The summed E-state index contributed by atoms with van der Waals surface area (Å²) in [6.45, 7) is 3.76. The Labute approximate surface area is 115 Å². The molecule has 0 aliphatic carbocycles. The zero-order valence-electron chi connectivity index (χ0n) is 10.9. The Balaban J connectivity index is 2.36. The molecule has 0 fully saturated rings. The van der Waals surface area contributed by atoms with Crippen LogP contribution in [0.25, 0.3) is 10.2 Å². The summed E-state index contributed by atoms with van der Waals surface area (Å²) in [5.74, 6) is -1.08. The van der Waals surface area contributed by atoms with Crippen molar-refractivity contribution in [2.45, 2.75) is 33.1 Å². The van der Waals surface area contributed by atoms with Crippen molar-refractivity contribution in [1.82, 2.24) is 4.98 Å². The largest absolute Gasteiger partial charge is 0.481 e. The molecule has 1 aromatic heterocycles. The molecule has 0 spiro atoms. The molecule has 0 atom stereocenters. The van der Waals surface area contributed by atoms with Crippen molar-refractivity contribution in [2.75, 3.05) is 0 Å². The normalized spacial score (nSPS) is 11.9. The Hall–Kier alpha value is -1.49. The number of aromatic nitrogens is 1. The molecule has 102 valence electrons. The standard InChI is InChI=1S/C14H16FNO2S/c1-3-14(4-2,13(17)18)8-12-16-10-6-5-9(15)7-11(10)19-12/h5-7H,3-4,8H2,1-2H3,(H,17,18). The number of aliphatic carboxylic acids is 1. The highest BCUT2D eigenvalue weighted by molar-refractivity contribution is 7.18. The maximum absolute atomic E-state index is 13.1. The molecule has 19 heavy (non-hydrogen) atoms. The van der Waals surface area contributed by atoms with Gasteiger partial charge in [-0.2, -0.15) is 0 Å². The van der Waals surface area contributed by atoms with Crippen molar-refractivity contribution in [3.05, 3.63) is 29.0 Å². The molecule has 0 amide bonds. The lowest BCUT2D eigenvalue weighted by atomic mass is 9.79. The van der Waals surface area contributed by atoms with E-state index in [4.69, 9.17) is 0 Å². The summed E-state index contributed by atoms with van der Waals surface area (Å²) in [5, 5.41) is 10.2. The Bertz CT molecular complexity index is 605. The van der Waals surface area contributed by atoms with Crippen molar-refractivity contribution in [3.8, 4) is 0 Å². The minimum Gasteiger partial charge on any atom is -0.481 e. The summed E-state index contributed by atoms with van der Waals surface area (Å²) >= 11 is 1.37. The first-order valence-corrected chi connectivity index (χ1v) is 7.11. The highest BCUT2D eigenvalue weighted by atomic mass is 32.1. The van der Waals surface area contributed by atoms with Crippen LogP contribution in [-0.2, 0) is 11.2 Å². The van der Waals surface area contributed by atoms with Crippen LogP contribution in [-0.4, -0.2) is 16.1 Å². The third kappa shape index (κ3) is 2.61. The zero-order valence-corrected chi connectivity index (χ0v) is 11.8. The Morgan fingerprint density at radius 3 is 2.68 bits per heavy atom. The number of hydrogen-bond donors (Lipinski definition) is 1. The zero-order chi connectivity index (χ0) is 14.0. The molecule has 2 aromatic rings. The number of halogens is 1. The van der Waals surface area contributed by atoms with Crippen LogP contribution >= 0.6 is 11.3 Å². The number of fused-ring (bicyclic) bond motifs is 1. The first-order chi connectivity index (χ1) is 9.00. The van der Waals surface area contributed by atoms with Crippen LogP contribution in [0.4, 0.5) is 4.39 Å². The van der Waals surface area contributed by atoms with E-state index in [1.807, 2.05) is 13.8 Å². The molecule has 0 unspecified atom stereocenters. The van der Waals surface area contributed by atoms with Gasteiger partial charge in [-0.1, -0.05) is 13.8 Å². The molecule has 1 aromatic carbocycles. The monoisotopic (exact) mass is 281 g/mol. The minimum absolute atomic E-state index is 0.293. The SMILES string of the molecule is CCC(CC)(Cc1nc2ccc(F)cc2s1)C(=O)O. The average molecular weight is 281 g/mol. The van der Waals surface area contributed by atoms with Gasteiger partial charge in [-0.05, 0) is 31.0 Å². The summed E-state index contributed by atoms with van der Waals surface area (Å²) in [4.78, 5) is 15.9. The second kappa shape index (κ2) is 5.25. The molecule has 3 nitrogen and oxygen atoms in total. The fourth-order valence-electron chi connectivity index (χ4n) is 2.19. The number of benzene rings is 1. The Morgan fingerprint density at radius 2 is 2.11 bits per heavy atom. The summed E-state index contributed by atoms with van der Waals surface area (Å²) in [6.07, 6.45) is 1.52. The van der Waals surface area contributed by atoms with E-state index >= 15 is 0 Å². The number of carboxylic acid groups (broad SMARTS) is 1. The van der Waals surface area contributed by atoms with Gasteiger partial charge in [-0.25, -0.2) is 9.37 Å². The fraction of sp³-hybridized carbons (Fsp3) is 0.429. The van der Waals surface area contributed by atoms with Gasteiger partial charge in [0, 0.05) is 6.42 Å². The van der Waals surface area contributed by atoms with Gasteiger partial charge in [0.1, 0.15) is 5.82 Å². The molecular weight excluding hydrogens is 265 g/mol. The number of carbonyl (C=O) groups is 1. The van der Waals surface area contributed by atoms with E-state index in [2.05, 4.69) is 4.98 Å². The molecule has 2 rings (SSSR count). The van der Waals surface area contributed by atoms with Crippen LogP contribution in [0.15, 0.2) is 18.2 Å². The van der Waals surface area contributed by atoms with E-state index in [1.54, 1.807) is 6.07 Å². The second-order valence-electron chi connectivity index (χ2n) is 4.69. The third-order valence-electron chi connectivity index (χ3n) is 3.69. The van der Waals surface area contributed by atoms with Gasteiger partial charge in [-0.15, -0.1) is 11.3 Å². The Morgan fingerprint density at radius 1 is 1.42 bits per heavy atom.